The van der Waals surface area contributed by atoms with Crippen LogP contribution in [0.25, 0.3) is 11.3 Å². The van der Waals surface area contributed by atoms with E-state index in [4.69, 9.17) is 4.74 Å². The summed E-state index contributed by atoms with van der Waals surface area (Å²) in [4.78, 5) is 2.34. The lowest BCUT2D eigenvalue weighted by atomic mass is 9.94. The molecule has 3 heteroatoms. The zero-order valence-electron chi connectivity index (χ0n) is 17.2. The van der Waals surface area contributed by atoms with Crippen LogP contribution < -0.4 is 4.74 Å². The Kier molecular flexibility index (Phi) is 7.48. The van der Waals surface area contributed by atoms with E-state index in [-0.39, 0.29) is 5.76 Å². The first-order valence-corrected chi connectivity index (χ1v) is 10.2. The van der Waals surface area contributed by atoms with Gasteiger partial charge in [-0.2, -0.15) is 0 Å². The third-order valence-electron chi connectivity index (χ3n) is 5.06. The topological polar surface area (TPSA) is 32.7 Å². The lowest BCUT2D eigenvalue weighted by molar-refractivity contribution is 0.223. The monoisotopic (exact) mass is 387 g/mol. The fourth-order valence-electron chi connectivity index (χ4n) is 3.34. The highest BCUT2D eigenvalue weighted by Crippen LogP contribution is 2.31. The number of aliphatic hydroxyl groups excluding tert-OH is 1. The van der Waals surface area contributed by atoms with E-state index in [2.05, 4.69) is 18.7 Å². The van der Waals surface area contributed by atoms with Gasteiger partial charge in [0.15, 0.2) is 0 Å². The number of benzene rings is 3. The maximum absolute atomic E-state index is 11.1. The number of rotatable bonds is 9. The van der Waals surface area contributed by atoms with Crippen LogP contribution in [0.2, 0.25) is 0 Å². The quantitative estimate of drug-likeness (QED) is 0.367. The van der Waals surface area contributed by atoms with Gasteiger partial charge < -0.3 is 14.7 Å². The Morgan fingerprint density at radius 2 is 1.24 bits per heavy atom. The van der Waals surface area contributed by atoms with E-state index >= 15 is 0 Å². The van der Waals surface area contributed by atoms with Gasteiger partial charge in [-0.15, -0.1) is 0 Å². The van der Waals surface area contributed by atoms with Crippen molar-refractivity contribution in [2.24, 2.45) is 0 Å². The molecule has 3 nitrogen and oxygen atoms in total. The van der Waals surface area contributed by atoms with E-state index in [9.17, 15) is 5.11 Å². The van der Waals surface area contributed by atoms with Crippen LogP contribution in [-0.2, 0) is 0 Å². The Morgan fingerprint density at radius 3 is 1.79 bits per heavy atom. The summed E-state index contributed by atoms with van der Waals surface area (Å²) in [5, 5.41) is 11.1. The molecule has 0 bridgehead atoms. The largest absolute Gasteiger partial charge is 0.507 e. The van der Waals surface area contributed by atoms with Gasteiger partial charge in [0.25, 0.3) is 0 Å². The highest BCUT2D eigenvalue weighted by molar-refractivity contribution is 5.95. The summed E-state index contributed by atoms with van der Waals surface area (Å²) in [6.07, 6.45) is 0. The number of aliphatic hydroxyl groups is 1. The zero-order chi connectivity index (χ0) is 20.5. The Balaban J connectivity index is 1.86. The molecule has 3 aromatic rings. The maximum atomic E-state index is 11.1. The zero-order valence-corrected chi connectivity index (χ0v) is 17.2. The van der Waals surface area contributed by atoms with E-state index in [0.717, 1.165) is 47.6 Å². The number of likely N-dealkylation sites (N-methyl/N-ethyl adjacent to an activating group) is 1. The third-order valence-corrected chi connectivity index (χ3v) is 5.06. The van der Waals surface area contributed by atoms with Gasteiger partial charge in [-0.1, -0.05) is 86.6 Å². The van der Waals surface area contributed by atoms with E-state index in [1.54, 1.807) is 0 Å². The van der Waals surface area contributed by atoms with Gasteiger partial charge in [0.1, 0.15) is 18.1 Å². The second-order valence-corrected chi connectivity index (χ2v) is 6.86. The molecule has 0 radical (unpaired) electrons. The molecule has 0 heterocycles. The van der Waals surface area contributed by atoms with Crippen molar-refractivity contribution in [2.75, 3.05) is 26.2 Å². The molecule has 0 spiro atoms. The number of ether oxygens (including phenoxy) is 1. The van der Waals surface area contributed by atoms with Crippen LogP contribution in [0.3, 0.4) is 0 Å². The molecule has 0 aromatic heterocycles. The van der Waals surface area contributed by atoms with E-state index in [1.165, 1.54) is 0 Å². The molecule has 0 aliphatic rings. The molecular weight excluding hydrogens is 358 g/mol. The van der Waals surface area contributed by atoms with Crippen LogP contribution in [0.15, 0.2) is 84.9 Å². The van der Waals surface area contributed by atoms with Gasteiger partial charge in [0.05, 0.1) is 0 Å². The third kappa shape index (κ3) is 5.49. The molecule has 0 atom stereocenters. The predicted octanol–water partition coefficient (Wildman–Crippen LogP) is 5.88. The summed E-state index contributed by atoms with van der Waals surface area (Å²) in [5.74, 6) is 1.11. The van der Waals surface area contributed by atoms with Gasteiger partial charge in [-0.25, -0.2) is 0 Å². The Bertz CT molecular complexity index is 898. The normalized spacial score (nSPS) is 12.0. The number of hydrogen-bond acceptors (Lipinski definition) is 3. The SMILES string of the molecule is CCN(CC)CCOc1ccc(/C(=C(/O)c2ccccc2)c2ccccc2)cc1. The van der Waals surface area contributed by atoms with Gasteiger partial charge in [0, 0.05) is 17.7 Å². The molecule has 3 aromatic carbocycles. The van der Waals surface area contributed by atoms with Crippen molar-refractivity contribution < 1.29 is 9.84 Å². The minimum absolute atomic E-state index is 0.270. The van der Waals surface area contributed by atoms with Crippen molar-refractivity contribution in [2.45, 2.75) is 13.8 Å². The summed E-state index contributed by atoms with van der Waals surface area (Å²) < 4.78 is 5.91. The van der Waals surface area contributed by atoms with Crippen molar-refractivity contribution in [3.05, 3.63) is 102 Å². The van der Waals surface area contributed by atoms with Crippen molar-refractivity contribution in [3.8, 4) is 5.75 Å². The maximum Gasteiger partial charge on any atom is 0.131 e. The van der Waals surface area contributed by atoms with Gasteiger partial charge in [0.2, 0.25) is 0 Å². The molecule has 0 saturated carbocycles. The molecule has 150 valence electrons. The van der Waals surface area contributed by atoms with Crippen molar-refractivity contribution >= 4 is 11.3 Å². The minimum atomic E-state index is 0.270. The van der Waals surface area contributed by atoms with Crippen molar-refractivity contribution in [3.63, 3.8) is 0 Å². The van der Waals surface area contributed by atoms with Crippen LogP contribution in [0, 0.1) is 0 Å². The minimum Gasteiger partial charge on any atom is -0.507 e. The van der Waals surface area contributed by atoms with Gasteiger partial charge in [-0.3, -0.25) is 0 Å². The summed E-state index contributed by atoms with van der Waals surface area (Å²) in [5.41, 5.74) is 3.54. The number of nitrogens with zero attached hydrogens (tertiary/aromatic N) is 1. The highest BCUT2D eigenvalue weighted by Gasteiger charge is 2.13. The molecule has 0 fully saturated rings. The first-order valence-electron chi connectivity index (χ1n) is 10.2. The first-order chi connectivity index (χ1) is 14.2. The van der Waals surface area contributed by atoms with E-state index in [0.29, 0.717) is 6.61 Å². The van der Waals surface area contributed by atoms with Crippen LogP contribution in [0.4, 0.5) is 0 Å². The molecule has 0 aliphatic carbocycles. The molecule has 1 N–H and O–H groups in total. The molecule has 0 aliphatic heterocycles. The summed E-state index contributed by atoms with van der Waals surface area (Å²) in [7, 11) is 0. The lowest BCUT2D eigenvalue weighted by Gasteiger charge is -2.18. The Hall–Kier alpha value is -3.04. The van der Waals surface area contributed by atoms with E-state index in [1.807, 2.05) is 84.9 Å². The average Bonchev–Trinajstić information content (AvgIpc) is 2.79. The second-order valence-electron chi connectivity index (χ2n) is 6.86. The summed E-state index contributed by atoms with van der Waals surface area (Å²) in [6.45, 7) is 7.96. The standard InChI is InChI=1S/C26H29NO2/c1-3-27(4-2)19-20-29-24-17-15-22(16-18-24)25(21-11-7-5-8-12-21)26(28)23-13-9-6-10-14-23/h5-18,28H,3-4,19-20H2,1-2H3/b26-25+. The fourth-order valence-corrected chi connectivity index (χ4v) is 3.34. The molecular formula is C26H29NO2. The highest BCUT2D eigenvalue weighted by atomic mass is 16.5. The van der Waals surface area contributed by atoms with Crippen LogP contribution in [0.1, 0.15) is 30.5 Å². The molecule has 3 rings (SSSR count). The van der Waals surface area contributed by atoms with Crippen LogP contribution in [0.5, 0.6) is 5.75 Å². The smallest absolute Gasteiger partial charge is 0.131 e. The first kappa shape index (κ1) is 20.7. The van der Waals surface area contributed by atoms with Crippen molar-refractivity contribution in [1.29, 1.82) is 0 Å². The van der Waals surface area contributed by atoms with Crippen LogP contribution >= 0.6 is 0 Å². The Morgan fingerprint density at radius 1 is 0.724 bits per heavy atom. The molecule has 0 saturated heterocycles. The van der Waals surface area contributed by atoms with Gasteiger partial charge in [-0.05, 0) is 36.3 Å². The summed E-state index contributed by atoms with van der Waals surface area (Å²) >= 11 is 0. The number of hydrogen-bond donors (Lipinski definition) is 1. The lowest BCUT2D eigenvalue weighted by Crippen LogP contribution is -2.27. The van der Waals surface area contributed by atoms with Crippen molar-refractivity contribution in [1.82, 2.24) is 4.90 Å². The fraction of sp³-hybridized carbons (Fsp3) is 0.231. The average molecular weight is 388 g/mol. The molecule has 0 amide bonds. The second kappa shape index (κ2) is 10.5. The molecule has 29 heavy (non-hydrogen) atoms. The van der Waals surface area contributed by atoms with E-state index < -0.39 is 0 Å². The Labute approximate surface area is 173 Å². The van der Waals surface area contributed by atoms with Gasteiger partial charge >= 0.3 is 0 Å². The summed E-state index contributed by atoms with van der Waals surface area (Å²) in [6, 6.07) is 27.6. The predicted molar refractivity (Wildman–Crippen MR) is 121 cm³/mol. The van der Waals surface area contributed by atoms with Crippen LogP contribution in [-0.4, -0.2) is 36.2 Å². The molecule has 0 unspecified atom stereocenters.